The third kappa shape index (κ3) is 3.30. The van der Waals surface area contributed by atoms with E-state index in [2.05, 4.69) is 5.32 Å². The van der Waals surface area contributed by atoms with Crippen LogP contribution in [0.15, 0.2) is 12.1 Å². The third-order valence-corrected chi connectivity index (χ3v) is 1.86. The van der Waals surface area contributed by atoms with Gasteiger partial charge in [-0.15, -0.1) is 0 Å². The van der Waals surface area contributed by atoms with Crippen molar-refractivity contribution in [2.24, 2.45) is 0 Å². The molecule has 3 N–H and O–H groups in total. The first-order valence-corrected chi connectivity index (χ1v) is 4.68. The van der Waals surface area contributed by atoms with Crippen molar-refractivity contribution in [1.29, 1.82) is 0 Å². The van der Waals surface area contributed by atoms with Crippen LogP contribution in [-0.4, -0.2) is 20.1 Å². The van der Waals surface area contributed by atoms with Gasteiger partial charge in [0.1, 0.15) is 6.61 Å². The molecule has 1 rings (SSSR count). The standard InChI is InChI=1S/C10H13F3N2O/c1-15-4-6-2-7(14)3-8(11)10(6)16-5-9(12)13/h2-3,9,15H,4-5,14H2,1H3. The number of anilines is 1. The number of rotatable bonds is 5. The molecule has 90 valence electrons. The number of nitrogens with two attached hydrogens (primary N) is 1. The average Bonchev–Trinajstić information content (AvgIpc) is 2.16. The second kappa shape index (κ2) is 5.60. The van der Waals surface area contributed by atoms with Crippen LogP contribution in [-0.2, 0) is 6.54 Å². The zero-order chi connectivity index (χ0) is 12.1. The third-order valence-electron chi connectivity index (χ3n) is 1.86. The maximum Gasteiger partial charge on any atom is 0.272 e. The molecule has 0 aliphatic heterocycles. The minimum atomic E-state index is -2.64. The summed E-state index contributed by atoms with van der Waals surface area (Å²) in [5, 5.41) is 2.78. The molecule has 0 heterocycles. The van der Waals surface area contributed by atoms with E-state index in [-0.39, 0.29) is 11.4 Å². The topological polar surface area (TPSA) is 47.3 Å². The number of nitrogen functional groups attached to an aromatic ring is 1. The largest absolute Gasteiger partial charge is 0.484 e. The molecule has 0 atom stereocenters. The van der Waals surface area contributed by atoms with Gasteiger partial charge in [0, 0.05) is 23.9 Å². The van der Waals surface area contributed by atoms with E-state index in [1.54, 1.807) is 7.05 Å². The van der Waals surface area contributed by atoms with E-state index in [4.69, 9.17) is 10.5 Å². The molecule has 6 heteroatoms. The number of alkyl halides is 2. The summed E-state index contributed by atoms with van der Waals surface area (Å²) in [6.45, 7) is -0.544. The zero-order valence-corrected chi connectivity index (χ0v) is 8.77. The Kier molecular flexibility index (Phi) is 4.42. The van der Waals surface area contributed by atoms with E-state index < -0.39 is 18.8 Å². The summed E-state index contributed by atoms with van der Waals surface area (Å²) >= 11 is 0. The van der Waals surface area contributed by atoms with Gasteiger partial charge in [-0.3, -0.25) is 0 Å². The van der Waals surface area contributed by atoms with Crippen LogP contribution in [0, 0.1) is 5.82 Å². The van der Waals surface area contributed by atoms with Gasteiger partial charge in [0.2, 0.25) is 0 Å². The van der Waals surface area contributed by atoms with Crippen molar-refractivity contribution in [3.8, 4) is 5.75 Å². The molecule has 0 spiro atoms. The maximum absolute atomic E-state index is 13.4. The minimum absolute atomic E-state index is 0.177. The number of halogens is 3. The highest BCUT2D eigenvalue weighted by molar-refractivity contribution is 5.49. The lowest BCUT2D eigenvalue weighted by Crippen LogP contribution is -2.13. The summed E-state index contributed by atoms with van der Waals surface area (Å²) in [5.41, 5.74) is 6.09. The Bertz CT molecular complexity index is 358. The quantitative estimate of drug-likeness (QED) is 0.763. The second-order valence-electron chi connectivity index (χ2n) is 3.22. The smallest absolute Gasteiger partial charge is 0.272 e. The predicted molar refractivity (Wildman–Crippen MR) is 55.1 cm³/mol. The molecule has 0 aliphatic rings. The highest BCUT2D eigenvalue weighted by Crippen LogP contribution is 2.26. The van der Waals surface area contributed by atoms with Crippen molar-refractivity contribution in [1.82, 2.24) is 5.32 Å². The Hall–Kier alpha value is -1.43. The molecule has 1 aromatic rings. The highest BCUT2D eigenvalue weighted by Gasteiger charge is 2.13. The lowest BCUT2D eigenvalue weighted by atomic mass is 10.1. The lowest BCUT2D eigenvalue weighted by Gasteiger charge is -2.12. The van der Waals surface area contributed by atoms with Gasteiger partial charge in [0.05, 0.1) is 0 Å². The van der Waals surface area contributed by atoms with E-state index in [9.17, 15) is 13.2 Å². The van der Waals surface area contributed by atoms with Crippen molar-refractivity contribution in [2.45, 2.75) is 13.0 Å². The van der Waals surface area contributed by atoms with Crippen LogP contribution in [0.2, 0.25) is 0 Å². The Morgan fingerprint density at radius 3 is 2.69 bits per heavy atom. The molecular weight excluding hydrogens is 221 g/mol. The summed E-state index contributed by atoms with van der Waals surface area (Å²) < 4.78 is 42.0. The summed E-state index contributed by atoms with van der Waals surface area (Å²) in [6.07, 6.45) is -2.64. The van der Waals surface area contributed by atoms with Gasteiger partial charge in [0.25, 0.3) is 6.43 Å². The molecule has 0 saturated carbocycles. The predicted octanol–water partition coefficient (Wildman–Crippen LogP) is 1.77. The number of ether oxygens (including phenoxy) is 1. The fraction of sp³-hybridized carbons (Fsp3) is 0.400. The van der Waals surface area contributed by atoms with Crippen LogP contribution in [0.1, 0.15) is 5.56 Å². The van der Waals surface area contributed by atoms with Gasteiger partial charge in [-0.05, 0) is 13.1 Å². The normalized spacial score (nSPS) is 10.8. The molecule has 0 amide bonds. The van der Waals surface area contributed by atoms with Gasteiger partial charge in [0.15, 0.2) is 11.6 Å². The maximum atomic E-state index is 13.4. The first-order valence-electron chi connectivity index (χ1n) is 4.68. The molecule has 0 saturated heterocycles. The zero-order valence-electron chi connectivity index (χ0n) is 8.77. The van der Waals surface area contributed by atoms with Crippen molar-refractivity contribution < 1.29 is 17.9 Å². The molecule has 1 aromatic carbocycles. The fourth-order valence-electron chi connectivity index (χ4n) is 1.30. The second-order valence-corrected chi connectivity index (χ2v) is 3.22. The van der Waals surface area contributed by atoms with Crippen molar-refractivity contribution in [3.63, 3.8) is 0 Å². The number of hydrogen-bond donors (Lipinski definition) is 2. The van der Waals surface area contributed by atoms with Crippen LogP contribution in [0.5, 0.6) is 5.75 Å². The molecule has 0 unspecified atom stereocenters. The molecule has 0 fully saturated rings. The van der Waals surface area contributed by atoms with Gasteiger partial charge in [-0.1, -0.05) is 0 Å². The Morgan fingerprint density at radius 1 is 1.44 bits per heavy atom. The number of benzene rings is 1. The van der Waals surface area contributed by atoms with E-state index in [1.165, 1.54) is 6.07 Å². The van der Waals surface area contributed by atoms with E-state index >= 15 is 0 Å². The van der Waals surface area contributed by atoms with E-state index in [0.717, 1.165) is 6.07 Å². The van der Waals surface area contributed by atoms with Crippen LogP contribution >= 0.6 is 0 Å². The average molecular weight is 234 g/mol. The van der Waals surface area contributed by atoms with E-state index in [0.29, 0.717) is 12.1 Å². The van der Waals surface area contributed by atoms with Gasteiger partial charge >= 0.3 is 0 Å². The summed E-state index contributed by atoms with van der Waals surface area (Å²) in [6, 6.07) is 2.53. The Labute approximate surface area is 91.4 Å². The molecule has 16 heavy (non-hydrogen) atoms. The van der Waals surface area contributed by atoms with Gasteiger partial charge < -0.3 is 15.8 Å². The van der Waals surface area contributed by atoms with Crippen molar-refractivity contribution >= 4 is 5.69 Å². The van der Waals surface area contributed by atoms with Crippen LogP contribution in [0.4, 0.5) is 18.9 Å². The van der Waals surface area contributed by atoms with Gasteiger partial charge in [-0.2, -0.15) is 0 Å². The van der Waals surface area contributed by atoms with Crippen molar-refractivity contribution in [3.05, 3.63) is 23.5 Å². The Morgan fingerprint density at radius 2 is 2.12 bits per heavy atom. The van der Waals surface area contributed by atoms with Crippen molar-refractivity contribution in [2.75, 3.05) is 19.4 Å². The molecule has 0 aliphatic carbocycles. The minimum Gasteiger partial charge on any atom is -0.484 e. The molecular formula is C10H13F3N2O. The first-order chi connectivity index (χ1) is 7.54. The Balaban J connectivity index is 2.94. The summed E-state index contributed by atoms with van der Waals surface area (Å²) in [5.74, 6) is -0.908. The number of nitrogens with one attached hydrogen (secondary N) is 1. The SMILES string of the molecule is CNCc1cc(N)cc(F)c1OCC(F)F. The first kappa shape index (κ1) is 12.6. The molecule has 0 radical (unpaired) electrons. The van der Waals surface area contributed by atoms with Gasteiger partial charge in [-0.25, -0.2) is 13.2 Å². The monoisotopic (exact) mass is 234 g/mol. The van der Waals surface area contributed by atoms with Crippen LogP contribution in [0.25, 0.3) is 0 Å². The van der Waals surface area contributed by atoms with Crippen LogP contribution < -0.4 is 15.8 Å². The molecule has 0 bridgehead atoms. The van der Waals surface area contributed by atoms with Crippen LogP contribution in [0.3, 0.4) is 0 Å². The fourth-order valence-corrected chi connectivity index (χ4v) is 1.30. The number of hydrogen-bond acceptors (Lipinski definition) is 3. The molecule has 0 aromatic heterocycles. The summed E-state index contributed by atoms with van der Waals surface area (Å²) in [4.78, 5) is 0. The molecule has 3 nitrogen and oxygen atoms in total. The highest BCUT2D eigenvalue weighted by atomic mass is 19.3. The summed E-state index contributed by atoms with van der Waals surface area (Å²) in [7, 11) is 1.65. The van der Waals surface area contributed by atoms with E-state index in [1.807, 2.05) is 0 Å². The lowest BCUT2D eigenvalue weighted by molar-refractivity contribution is 0.0793.